The summed E-state index contributed by atoms with van der Waals surface area (Å²) in [6.45, 7) is 5.24. The van der Waals surface area contributed by atoms with Crippen LogP contribution in [0.1, 0.15) is 29.6 Å². The van der Waals surface area contributed by atoms with Crippen molar-refractivity contribution in [2.75, 3.05) is 67.3 Å². The van der Waals surface area contributed by atoms with Crippen LogP contribution in [-0.4, -0.2) is 84.2 Å². The largest absolute Gasteiger partial charge is 0.493 e. The average Bonchev–Trinajstić information content (AvgIpc) is 3.03. The van der Waals surface area contributed by atoms with Gasteiger partial charge in [-0.15, -0.1) is 0 Å². The molecule has 2 aliphatic heterocycles. The predicted octanol–water partition coefficient (Wildman–Crippen LogP) is 1.96. The Kier molecular flexibility index (Phi) is 8.60. The zero-order valence-electron chi connectivity index (χ0n) is 18.3. The van der Waals surface area contributed by atoms with Crippen LogP contribution in [0.25, 0.3) is 0 Å². The van der Waals surface area contributed by atoms with Gasteiger partial charge in [-0.2, -0.15) is 0 Å². The Hall–Kier alpha value is -2.03. The molecule has 8 heteroatoms. The summed E-state index contributed by atoms with van der Waals surface area (Å²) in [5.74, 6) is 1.63. The molecule has 2 aliphatic rings. The monoisotopic (exact) mass is 422 g/mol. The quantitative estimate of drug-likeness (QED) is 0.610. The molecule has 1 N–H and O–H groups in total. The van der Waals surface area contributed by atoms with E-state index in [1.54, 1.807) is 33.5 Å². The van der Waals surface area contributed by atoms with Gasteiger partial charge < -0.3 is 33.9 Å². The summed E-state index contributed by atoms with van der Waals surface area (Å²) >= 11 is 0. The molecule has 8 nitrogen and oxygen atoms in total. The molecule has 1 fully saturated rings. The van der Waals surface area contributed by atoms with E-state index in [9.17, 15) is 4.79 Å². The number of carbonyl (C=O) groups excluding carboxylic acids is 1. The Morgan fingerprint density at radius 1 is 1.20 bits per heavy atom. The molecule has 0 aliphatic carbocycles. The fourth-order valence-electron chi connectivity index (χ4n) is 4.06. The molecule has 0 aromatic heterocycles. The summed E-state index contributed by atoms with van der Waals surface area (Å²) in [6, 6.07) is 3.48. The van der Waals surface area contributed by atoms with E-state index in [4.69, 9.17) is 23.7 Å². The van der Waals surface area contributed by atoms with Crippen molar-refractivity contribution < 1.29 is 28.5 Å². The van der Waals surface area contributed by atoms with Gasteiger partial charge in [0.25, 0.3) is 5.91 Å². The molecule has 0 unspecified atom stereocenters. The smallest absolute Gasteiger partial charge is 0.255 e. The van der Waals surface area contributed by atoms with Crippen molar-refractivity contribution in [3.63, 3.8) is 0 Å². The van der Waals surface area contributed by atoms with E-state index in [0.29, 0.717) is 42.6 Å². The number of ether oxygens (including phenoxy) is 5. The van der Waals surface area contributed by atoms with Crippen LogP contribution in [0.3, 0.4) is 0 Å². The highest BCUT2D eigenvalue weighted by Crippen LogP contribution is 2.41. The summed E-state index contributed by atoms with van der Waals surface area (Å²) in [6.07, 6.45) is 2.84. The SMILES string of the molecule is COCCCN1CC[C@@H](CNC(=O)c2ccc(OC)c3c2OCCCO3)[C@H](OC)C1. The summed E-state index contributed by atoms with van der Waals surface area (Å²) in [4.78, 5) is 15.4. The van der Waals surface area contributed by atoms with Crippen molar-refractivity contribution >= 4 is 5.91 Å². The highest BCUT2D eigenvalue weighted by molar-refractivity contribution is 5.98. The molecule has 0 saturated carbocycles. The summed E-state index contributed by atoms with van der Waals surface area (Å²) in [7, 11) is 5.05. The third-order valence-electron chi connectivity index (χ3n) is 5.75. The number of piperidine rings is 1. The zero-order valence-corrected chi connectivity index (χ0v) is 18.3. The maximum atomic E-state index is 13.0. The number of likely N-dealkylation sites (tertiary alicyclic amines) is 1. The minimum atomic E-state index is -0.170. The summed E-state index contributed by atoms with van der Waals surface area (Å²) in [5.41, 5.74) is 0.471. The molecule has 2 atom stereocenters. The molecule has 1 saturated heterocycles. The molecule has 3 rings (SSSR count). The second kappa shape index (κ2) is 11.4. The van der Waals surface area contributed by atoms with Gasteiger partial charge in [0.15, 0.2) is 11.5 Å². The lowest BCUT2D eigenvalue weighted by molar-refractivity contribution is -0.0121. The number of rotatable bonds is 9. The van der Waals surface area contributed by atoms with Crippen LogP contribution in [-0.2, 0) is 9.47 Å². The van der Waals surface area contributed by atoms with Crippen molar-refractivity contribution in [3.05, 3.63) is 17.7 Å². The Balaban J connectivity index is 1.60. The number of amides is 1. The van der Waals surface area contributed by atoms with E-state index in [1.165, 1.54) is 0 Å². The number of hydrogen-bond acceptors (Lipinski definition) is 7. The maximum Gasteiger partial charge on any atom is 0.255 e. The fraction of sp³-hybridized carbons (Fsp3) is 0.682. The van der Waals surface area contributed by atoms with Gasteiger partial charge in [0.05, 0.1) is 32.0 Å². The lowest BCUT2D eigenvalue weighted by Gasteiger charge is -2.37. The Morgan fingerprint density at radius 2 is 2.00 bits per heavy atom. The molecule has 1 aromatic carbocycles. The number of benzene rings is 1. The highest BCUT2D eigenvalue weighted by atomic mass is 16.5. The number of fused-ring (bicyclic) bond motifs is 1. The lowest BCUT2D eigenvalue weighted by Crippen LogP contribution is -2.48. The van der Waals surface area contributed by atoms with Crippen LogP contribution in [0.2, 0.25) is 0 Å². The Morgan fingerprint density at radius 3 is 2.73 bits per heavy atom. The minimum Gasteiger partial charge on any atom is -0.493 e. The van der Waals surface area contributed by atoms with Crippen molar-refractivity contribution in [2.24, 2.45) is 5.92 Å². The second-order valence-corrected chi connectivity index (χ2v) is 7.70. The number of hydrogen-bond donors (Lipinski definition) is 1. The second-order valence-electron chi connectivity index (χ2n) is 7.70. The molecular formula is C22H34N2O6. The maximum absolute atomic E-state index is 13.0. The van der Waals surface area contributed by atoms with Gasteiger partial charge in [-0.05, 0) is 31.5 Å². The highest BCUT2D eigenvalue weighted by Gasteiger charge is 2.30. The van der Waals surface area contributed by atoms with Crippen LogP contribution in [0.5, 0.6) is 17.2 Å². The normalized spacial score (nSPS) is 21.7. The number of methoxy groups -OCH3 is 3. The standard InChI is InChI=1S/C22H34N2O6/c1-26-11-4-9-24-10-8-16(19(15-24)28-3)14-23-22(25)17-6-7-18(27-2)21-20(17)29-12-5-13-30-21/h6-7,16,19H,4-5,8-15H2,1-3H3,(H,23,25)/t16-,19+/m0/s1. The first-order chi connectivity index (χ1) is 14.7. The third-order valence-corrected chi connectivity index (χ3v) is 5.75. The predicted molar refractivity (Wildman–Crippen MR) is 113 cm³/mol. The van der Waals surface area contributed by atoms with E-state index in [0.717, 1.165) is 45.5 Å². The van der Waals surface area contributed by atoms with Gasteiger partial charge in [-0.3, -0.25) is 4.79 Å². The minimum absolute atomic E-state index is 0.0918. The summed E-state index contributed by atoms with van der Waals surface area (Å²) < 4.78 is 27.8. The average molecular weight is 423 g/mol. The summed E-state index contributed by atoms with van der Waals surface area (Å²) in [5, 5.41) is 3.07. The van der Waals surface area contributed by atoms with Crippen LogP contribution < -0.4 is 19.5 Å². The van der Waals surface area contributed by atoms with Gasteiger partial charge in [0.2, 0.25) is 5.75 Å². The molecule has 1 aromatic rings. The first-order valence-electron chi connectivity index (χ1n) is 10.7. The van der Waals surface area contributed by atoms with Crippen molar-refractivity contribution in [2.45, 2.75) is 25.4 Å². The number of carbonyl (C=O) groups is 1. The lowest BCUT2D eigenvalue weighted by atomic mass is 9.93. The zero-order chi connectivity index (χ0) is 21.3. The molecule has 1 amide bonds. The van der Waals surface area contributed by atoms with E-state index in [2.05, 4.69) is 10.2 Å². The molecule has 2 heterocycles. The van der Waals surface area contributed by atoms with E-state index in [-0.39, 0.29) is 17.9 Å². The topological polar surface area (TPSA) is 78.5 Å². The molecule has 0 spiro atoms. The Labute approximate surface area is 178 Å². The van der Waals surface area contributed by atoms with Gasteiger partial charge >= 0.3 is 0 Å². The first kappa shape index (κ1) is 22.7. The van der Waals surface area contributed by atoms with Gasteiger partial charge in [0.1, 0.15) is 0 Å². The van der Waals surface area contributed by atoms with Crippen molar-refractivity contribution in [1.29, 1.82) is 0 Å². The Bertz CT molecular complexity index is 698. The van der Waals surface area contributed by atoms with Crippen molar-refractivity contribution in [3.8, 4) is 17.2 Å². The van der Waals surface area contributed by atoms with Gasteiger partial charge in [-0.1, -0.05) is 0 Å². The molecule has 0 bridgehead atoms. The molecule has 30 heavy (non-hydrogen) atoms. The van der Waals surface area contributed by atoms with Gasteiger partial charge in [-0.25, -0.2) is 0 Å². The van der Waals surface area contributed by atoms with Crippen LogP contribution in [0, 0.1) is 5.92 Å². The van der Waals surface area contributed by atoms with Crippen LogP contribution >= 0.6 is 0 Å². The molecule has 0 radical (unpaired) electrons. The van der Waals surface area contributed by atoms with Crippen LogP contribution in [0.15, 0.2) is 12.1 Å². The van der Waals surface area contributed by atoms with E-state index in [1.807, 2.05) is 0 Å². The van der Waals surface area contributed by atoms with Crippen molar-refractivity contribution in [1.82, 2.24) is 10.2 Å². The van der Waals surface area contributed by atoms with E-state index < -0.39 is 0 Å². The molecule has 168 valence electrons. The van der Waals surface area contributed by atoms with Gasteiger partial charge in [0, 0.05) is 52.8 Å². The molecular weight excluding hydrogens is 388 g/mol. The van der Waals surface area contributed by atoms with Crippen LogP contribution in [0.4, 0.5) is 0 Å². The first-order valence-corrected chi connectivity index (χ1v) is 10.7. The van der Waals surface area contributed by atoms with E-state index >= 15 is 0 Å². The third kappa shape index (κ3) is 5.56. The number of nitrogens with zero attached hydrogens (tertiary/aromatic N) is 1. The number of nitrogens with one attached hydrogen (secondary N) is 1. The fourth-order valence-corrected chi connectivity index (χ4v) is 4.06.